The van der Waals surface area contributed by atoms with Crippen LogP contribution in [0.5, 0.6) is 0 Å². The lowest BCUT2D eigenvalue weighted by Crippen LogP contribution is -2.33. The molecule has 0 amide bonds. The summed E-state index contributed by atoms with van der Waals surface area (Å²) in [7, 11) is -13.8. The number of H-pyrrole nitrogens is 1. The van der Waals surface area contributed by atoms with Crippen LogP contribution < -0.4 is 11.2 Å². The molecule has 2 heterocycles. The topological polar surface area (TPSA) is 250 Å². The molecule has 22 heteroatoms. The van der Waals surface area contributed by atoms with Gasteiger partial charge in [0.25, 0.3) is 5.56 Å². The minimum Gasteiger partial charge on any atom is -0.456 e. The van der Waals surface area contributed by atoms with Crippen LogP contribution in [0.1, 0.15) is 53.2 Å². The Balaban J connectivity index is 1.86. The van der Waals surface area contributed by atoms with Crippen molar-refractivity contribution in [2.75, 3.05) is 12.4 Å². The first-order valence-corrected chi connectivity index (χ1v) is 19.2. The maximum atomic E-state index is 13.3. The standard InChI is InChI=1S/C21H29N2O15P3S2/c1-4-42-43-13(3)14-7-5-6-8-15(14)20(25)36-16-9-18(23-10-12(2)19(24)22-21(23)26)35-17(16)11-34-40(30,31)38-41(32,33)37-39(27,28)29/h5-8,10,13,16-18H,4,9,11H2,1-3H3,(H,30,31)(H,32,33)(H,22,24,26)(H2,27,28,29)/t13?,16-,17?,18-/m1/s1. The lowest BCUT2D eigenvalue weighted by molar-refractivity contribution is -0.0512. The number of carbonyl (C=O) groups excluding carboxylic acids is 1. The van der Waals surface area contributed by atoms with Crippen LogP contribution in [-0.2, 0) is 36.3 Å². The Labute approximate surface area is 252 Å². The number of aromatic nitrogens is 2. The van der Waals surface area contributed by atoms with Crippen LogP contribution in [-0.4, -0.2) is 59.7 Å². The largest absolute Gasteiger partial charge is 0.490 e. The zero-order valence-corrected chi connectivity index (χ0v) is 27.0. The second-order valence-electron chi connectivity index (χ2n) is 8.91. The van der Waals surface area contributed by atoms with E-state index in [1.807, 2.05) is 13.8 Å². The summed E-state index contributed by atoms with van der Waals surface area (Å²) >= 11 is 0. The van der Waals surface area contributed by atoms with Crippen molar-refractivity contribution < 1.29 is 60.7 Å². The van der Waals surface area contributed by atoms with Gasteiger partial charge in [0.2, 0.25) is 0 Å². The molecule has 1 saturated heterocycles. The Morgan fingerprint density at radius 1 is 1.14 bits per heavy atom. The van der Waals surface area contributed by atoms with Crippen LogP contribution in [0.3, 0.4) is 0 Å². The van der Waals surface area contributed by atoms with Crippen LogP contribution in [0.4, 0.5) is 0 Å². The normalized spacial score (nSPS) is 22.4. The van der Waals surface area contributed by atoms with Gasteiger partial charge in [-0.2, -0.15) is 8.62 Å². The highest BCUT2D eigenvalue weighted by molar-refractivity contribution is 8.76. The maximum absolute atomic E-state index is 13.3. The number of hydrogen-bond donors (Lipinski definition) is 5. The van der Waals surface area contributed by atoms with Gasteiger partial charge in [0.15, 0.2) is 0 Å². The first-order valence-electron chi connectivity index (χ1n) is 12.3. The molecule has 17 nitrogen and oxygen atoms in total. The van der Waals surface area contributed by atoms with Crippen molar-refractivity contribution in [3.05, 3.63) is 68.0 Å². The van der Waals surface area contributed by atoms with Gasteiger partial charge in [-0.05, 0) is 25.5 Å². The Hall–Kier alpha value is -1.56. The Kier molecular flexibility index (Phi) is 12.3. The maximum Gasteiger partial charge on any atom is 0.490 e. The smallest absolute Gasteiger partial charge is 0.456 e. The number of carbonyl (C=O) groups is 1. The van der Waals surface area contributed by atoms with E-state index >= 15 is 0 Å². The summed E-state index contributed by atoms with van der Waals surface area (Å²) in [6.07, 6.45) is -2.77. The molecule has 0 aliphatic carbocycles. The molecule has 1 aliphatic rings. The van der Waals surface area contributed by atoms with E-state index in [4.69, 9.17) is 23.8 Å². The van der Waals surface area contributed by atoms with Gasteiger partial charge >= 0.3 is 35.1 Å². The molecule has 6 atom stereocenters. The number of aryl methyl sites for hydroxylation is 1. The van der Waals surface area contributed by atoms with Crippen LogP contribution >= 0.6 is 45.1 Å². The van der Waals surface area contributed by atoms with E-state index < -0.39 is 65.7 Å². The lowest BCUT2D eigenvalue weighted by Gasteiger charge is -2.22. The number of nitrogens with zero attached hydrogens (tertiary/aromatic N) is 1. The quantitative estimate of drug-likeness (QED) is 0.107. The van der Waals surface area contributed by atoms with Gasteiger partial charge in [-0.1, -0.05) is 46.7 Å². The monoisotopic (exact) mass is 706 g/mol. The highest BCUT2D eigenvalue weighted by Gasteiger charge is 2.44. The number of benzene rings is 1. The molecule has 2 aromatic rings. The molecule has 0 spiro atoms. The van der Waals surface area contributed by atoms with Gasteiger partial charge in [0, 0.05) is 29.2 Å². The van der Waals surface area contributed by atoms with E-state index in [0.29, 0.717) is 5.56 Å². The molecule has 0 bridgehead atoms. The highest BCUT2D eigenvalue weighted by atomic mass is 33.1. The number of esters is 1. The third-order valence-corrected chi connectivity index (χ3v) is 12.4. The number of phosphoric ester groups is 1. The fourth-order valence-electron chi connectivity index (χ4n) is 3.88. The second kappa shape index (κ2) is 14.7. The molecule has 1 aliphatic heterocycles. The van der Waals surface area contributed by atoms with Crippen molar-refractivity contribution in [2.45, 2.75) is 50.9 Å². The lowest BCUT2D eigenvalue weighted by atomic mass is 10.0. The van der Waals surface area contributed by atoms with E-state index in [1.165, 1.54) is 13.1 Å². The molecule has 0 radical (unpaired) electrons. The summed E-state index contributed by atoms with van der Waals surface area (Å²) in [5.74, 6) is 0.0515. The number of rotatable bonds is 14. The van der Waals surface area contributed by atoms with E-state index in [0.717, 1.165) is 10.3 Å². The zero-order chi connectivity index (χ0) is 32.2. The molecule has 4 unspecified atom stereocenters. The number of aromatic amines is 1. The van der Waals surface area contributed by atoms with Crippen molar-refractivity contribution in [2.24, 2.45) is 0 Å². The Bertz CT molecular complexity index is 1580. The fourth-order valence-corrected chi connectivity index (χ4v) is 8.89. The molecule has 43 heavy (non-hydrogen) atoms. The van der Waals surface area contributed by atoms with Crippen LogP contribution in [0, 0.1) is 6.92 Å². The molecule has 1 aromatic heterocycles. The van der Waals surface area contributed by atoms with E-state index in [-0.39, 0.29) is 22.8 Å². The van der Waals surface area contributed by atoms with Crippen molar-refractivity contribution in [3.63, 3.8) is 0 Å². The van der Waals surface area contributed by atoms with Gasteiger partial charge in [-0.3, -0.25) is 18.9 Å². The third-order valence-electron chi connectivity index (χ3n) is 5.66. The third kappa shape index (κ3) is 10.5. The molecule has 1 fully saturated rings. The fraction of sp³-hybridized carbons (Fsp3) is 0.476. The number of phosphoric acid groups is 3. The molecule has 3 rings (SSSR count). The summed E-state index contributed by atoms with van der Waals surface area (Å²) < 4.78 is 59.4. The minimum absolute atomic E-state index is 0.106. The molecule has 240 valence electrons. The van der Waals surface area contributed by atoms with Crippen LogP contribution in [0.2, 0.25) is 0 Å². The SMILES string of the molecule is CCSSC(C)c1ccccc1C(=O)O[C@@H]1C[C@H](n2cc(C)c(=O)[nH]c2=O)OC1COP(=O)(O)OP(=O)(O)OP(=O)(O)O. The molecular weight excluding hydrogens is 677 g/mol. The van der Waals surface area contributed by atoms with Gasteiger partial charge in [0.05, 0.1) is 12.2 Å². The Morgan fingerprint density at radius 2 is 1.81 bits per heavy atom. The van der Waals surface area contributed by atoms with Crippen molar-refractivity contribution in [1.82, 2.24) is 9.55 Å². The number of ether oxygens (including phenoxy) is 2. The zero-order valence-electron chi connectivity index (χ0n) is 22.7. The van der Waals surface area contributed by atoms with E-state index in [1.54, 1.807) is 45.9 Å². The minimum atomic E-state index is -5.79. The molecule has 0 saturated carbocycles. The molecular formula is C21H29N2O15P3S2. The molecule has 5 N–H and O–H groups in total. The summed E-state index contributed by atoms with van der Waals surface area (Å²) in [5.41, 5.74) is -0.448. The number of nitrogens with one attached hydrogen (secondary N) is 1. The highest BCUT2D eigenvalue weighted by Crippen LogP contribution is 2.66. The summed E-state index contributed by atoms with van der Waals surface area (Å²) in [5, 5.41) is -0.106. The van der Waals surface area contributed by atoms with Crippen LogP contribution in [0.25, 0.3) is 0 Å². The first-order chi connectivity index (χ1) is 19.9. The van der Waals surface area contributed by atoms with Crippen molar-refractivity contribution in [1.29, 1.82) is 0 Å². The van der Waals surface area contributed by atoms with Crippen LogP contribution in [0.15, 0.2) is 40.1 Å². The molecule has 1 aromatic carbocycles. The Morgan fingerprint density at radius 3 is 2.47 bits per heavy atom. The predicted octanol–water partition coefficient (Wildman–Crippen LogP) is 3.16. The number of hydrogen-bond acceptors (Lipinski definition) is 13. The summed E-state index contributed by atoms with van der Waals surface area (Å²) in [6, 6.07) is 6.70. The van der Waals surface area contributed by atoms with Gasteiger partial charge < -0.3 is 29.0 Å². The average Bonchev–Trinajstić information content (AvgIpc) is 3.28. The summed E-state index contributed by atoms with van der Waals surface area (Å²) in [4.78, 5) is 76.4. The average molecular weight is 707 g/mol. The van der Waals surface area contributed by atoms with Gasteiger partial charge in [-0.15, -0.1) is 0 Å². The first kappa shape index (κ1) is 35.9. The van der Waals surface area contributed by atoms with Crippen molar-refractivity contribution in [3.8, 4) is 0 Å². The summed E-state index contributed by atoms with van der Waals surface area (Å²) in [6.45, 7) is 4.39. The van der Waals surface area contributed by atoms with Gasteiger partial charge in [0.1, 0.15) is 18.4 Å². The van der Waals surface area contributed by atoms with E-state index in [2.05, 4.69) is 13.6 Å². The predicted molar refractivity (Wildman–Crippen MR) is 154 cm³/mol. The second-order valence-corrected chi connectivity index (χ2v) is 16.3. The van der Waals surface area contributed by atoms with E-state index in [9.17, 15) is 37.9 Å². The van der Waals surface area contributed by atoms with Gasteiger partial charge in [-0.25, -0.2) is 23.3 Å². The van der Waals surface area contributed by atoms with Crippen molar-refractivity contribution >= 4 is 51.0 Å².